The Hall–Kier alpha value is -2.25. The number of rotatable bonds is 3. The molecule has 8 heteroatoms. The molecule has 0 radical (unpaired) electrons. The Bertz CT molecular complexity index is 592. The molecule has 18 heavy (non-hydrogen) atoms. The fourth-order valence-corrected chi connectivity index (χ4v) is 1.48. The highest BCUT2D eigenvalue weighted by molar-refractivity contribution is 6.04. The molecule has 2 heterocycles. The number of carbonyl (C=O) groups is 1. The molecule has 0 aliphatic heterocycles. The number of pyridine rings is 1. The van der Waals surface area contributed by atoms with Crippen LogP contribution in [0.4, 0.5) is 13.2 Å². The van der Waals surface area contributed by atoms with Crippen molar-refractivity contribution in [1.29, 1.82) is 0 Å². The van der Waals surface area contributed by atoms with Crippen LogP contribution in [0, 0.1) is 0 Å². The molecule has 2 aromatic heterocycles. The van der Waals surface area contributed by atoms with Gasteiger partial charge in [-0.3, -0.25) is 0 Å². The molecule has 0 aromatic carbocycles. The lowest BCUT2D eigenvalue weighted by atomic mass is 10.2. The van der Waals surface area contributed by atoms with Crippen LogP contribution in [-0.2, 0) is 0 Å². The maximum atomic E-state index is 12.1. The fourth-order valence-electron chi connectivity index (χ4n) is 1.48. The standard InChI is InChI=1S/C10H7F3N2O3/c11-10(12,13)4-18-6-1-2-14-8-7(6)5(3-15-8)9(16)17/h1-3H,4H2,(H,14,15)(H,16,17). The zero-order valence-corrected chi connectivity index (χ0v) is 8.78. The summed E-state index contributed by atoms with van der Waals surface area (Å²) in [6, 6.07) is 1.19. The van der Waals surface area contributed by atoms with Crippen LogP contribution in [0.3, 0.4) is 0 Å². The molecule has 0 unspecified atom stereocenters. The van der Waals surface area contributed by atoms with Crippen molar-refractivity contribution in [2.45, 2.75) is 6.18 Å². The van der Waals surface area contributed by atoms with Crippen LogP contribution in [-0.4, -0.2) is 33.8 Å². The van der Waals surface area contributed by atoms with Crippen molar-refractivity contribution >= 4 is 17.0 Å². The summed E-state index contributed by atoms with van der Waals surface area (Å²) < 4.78 is 40.8. The number of halogens is 3. The maximum Gasteiger partial charge on any atom is 0.422 e. The number of alkyl halides is 3. The zero-order chi connectivity index (χ0) is 13.3. The van der Waals surface area contributed by atoms with Crippen LogP contribution in [0.1, 0.15) is 10.4 Å². The highest BCUT2D eigenvalue weighted by Gasteiger charge is 2.29. The van der Waals surface area contributed by atoms with Crippen molar-refractivity contribution in [1.82, 2.24) is 9.97 Å². The number of ether oxygens (including phenoxy) is 1. The van der Waals surface area contributed by atoms with Gasteiger partial charge in [0, 0.05) is 12.4 Å². The fraction of sp³-hybridized carbons (Fsp3) is 0.200. The molecule has 2 rings (SSSR count). The summed E-state index contributed by atoms with van der Waals surface area (Å²) in [7, 11) is 0. The van der Waals surface area contributed by atoms with E-state index in [1.807, 2.05) is 0 Å². The number of H-pyrrole nitrogens is 1. The molecule has 0 atom stereocenters. The molecule has 5 nitrogen and oxygen atoms in total. The van der Waals surface area contributed by atoms with Crippen LogP contribution in [0.5, 0.6) is 5.75 Å². The molecular formula is C10H7F3N2O3. The first-order valence-corrected chi connectivity index (χ1v) is 4.77. The molecule has 0 saturated carbocycles. The van der Waals surface area contributed by atoms with Crippen LogP contribution in [0.25, 0.3) is 11.0 Å². The van der Waals surface area contributed by atoms with E-state index in [0.29, 0.717) is 0 Å². The van der Waals surface area contributed by atoms with Crippen molar-refractivity contribution in [2.75, 3.05) is 6.61 Å². The van der Waals surface area contributed by atoms with E-state index in [1.165, 1.54) is 12.3 Å². The predicted octanol–water partition coefficient (Wildman–Crippen LogP) is 2.20. The van der Waals surface area contributed by atoms with Crippen molar-refractivity contribution in [2.24, 2.45) is 0 Å². The maximum absolute atomic E-state index is 12.1. The molecule has 2 aromatic rings. The Balaban J connectivity index is 2.43. The third kappa shape index (κ3) is 2.36. The summed E-state index contributed by atoms with van der Waals surface area (Å²) in [4.78, 5) is 17.3. The first-order chi connectivity index (χ1) is 8.38. The van der Waals surface area contributed by atoms with Crippen LogP contribution in [0.2, 0.25) is 0 Å². The average molecular weight is 260 g/mol. The van der Waals surface area contributed by atoms with Crippen LogP contribution >= 0.6 is 0 Å². The Labute approximate surface area is 98.2 Å². The number of hydrogen-bond donors (Lipinski definition) is 2. The molecule has 0 saturated heterocycles. The number of carboxylic acids is 1. The highest BCUT2D eigenvalue weighted by atomic mass is 19.4. The van der Waals surface area contributed by atoms with Gasteiger partial charge >= 0.3 is 12.1 Å². The Morgan fingerprint density at radius 3 is 2.83 bits per heavy atom. The van der Waals surface area contributed by atoms with Gasteiger partial charge in [-0.25, -0.2) is 9.78 Å². The van der Waals surface area contributed by atoms with Gasteiger partial charge in [-0.05, 0) is 6.07 Å². The average Bonchev–Trinajstić information content (AvgIpc) is 2.69. The van der Waals surface area contributed by atoms with E-state index in [2.05, 4.69) is 14.7 Å². The molecular weight excluding hydrogens is 253 g/mol. The van der Waals surface area contributed by atoms with Crippen molar-refractivity contribution in [3.8, 4) is 5.75 Å². The summed E-state index contributed by atoms with van der Waals surface area (Å²) in [5, 5.41) is 8.92. The lowest BCUT2D eigenvalue weighted by molar-refractivity contribution is -0.153. The Kier molecular flexibility index (Phi) is 2.85. The Morgan fingerprint density at radius 1 is 1.50 bits per heavy atom. The van der Waals surface area contributed by atoms with Crippen molar-refractivity contribution < 1.29 is 27.8 Å². The van der Waals surface area contributed by atoms with Gasteiger partial charge < -0.3 is 14.8 Å². The van der Waals surface area contributed by atoms with Gasteiger partial charge in [-0.1, -0.05) is 0 Å². The Morgan fingerprint density at radius 2 is 2.22 bits per heavy atom. The number of aromatic carboxylic acids is 1. The van der Waals surface area contributed by atoms with E-state index < -0.39 is 18.8 Å². The van der Waals surface area contributed by atoms with E-state index in [1.54, 1.807) is 0 Å². The van der Waals surface area contributed by atoms with Gasteiger partial charge in [0.2, 0.25) is 0 Å². The molecule has 0 spiro atoms. The topological polar surface area (TPSA) is 75.2 Å². The monoisotopic (exact) mass is 260 g/mol. The van der Waals surface area contributed by atoms with Crippen molar-refractivity contribution in [3.63, 3.8) is 0 Å². The lowest BCUT2D eigenvalue weighted by Gasteiger charge is -2.10. The van der Waals surface area contributed by atoms with Crippen molar-refractivity contribution in [3.05, 3.63) is 24.0 Å². The van der Waals surface area contributed by atoms with E-state index in [0.717, 1.165) is 6.20 Å². The summed E-state index contributed by atoms with van der Waals surface area (Å²) in [5.74, 6) is -1.44. The van der Waals surface area contributed by atoms with Gasteiger partial charge in [-0.15, -0.1) is 0 Å². The van der Waals surface area contributed by atoms with E-state index in [9.17, 15) is 18.0 Å². The van der Waals surface area contributed by atoms with Crippen LogP contribution in [0.15, 0.2) is 18.5 Å². The van der Waals surface area contributed by atoms with E-state index in [4.69, 9.17) is 5.11 Å². The number of aromatic nitrogens is 2. The third-order valence-corrected chi connectivity index (χ3v) is 2.16. The number of nitrogens with zero attached hydrogens (tertiary/aromatic N) is 1. The normalized spacial score (nSPS) is 11.7. The molecule has 0 aliphatic rings. The molecule has 0 fully saturated rings. The van der Waals surface area contributed by atoms with Crippen LogP contribution < -0.4 is 4.74 Å². The number of nitrogens with one attached hydrogen (secondary N) is 1. The minimum Gasteiger partial charge on any atom is -0.483 e. The minimum atomic E-state index is -4.49. The lowest BCUT2D eigenvalue weighted by Crippen LogP contribution is -2.19. The second-order valence-electron chi connectivity index (χ2n) is 3.44. The predicted molar refractivity (Wildman–Crippen MR) is 54.6 cm³/mol. The second kappa shape index (κ2) is 4.21. The quantitative estimate of drug-likeness (QED) is 0.887. The first kappa shape index (κ1) is 12.2. The van der Waals surface area contributed by atoms with E-state index in [-0.39, 0.29) is 22.3 Å². The van der Waals surface area contributed by atoms with Gasteiger partial charge in [0.1, 0.15) is 11.4 Å². The highest BCUT2D eigenvalue weighted by Crippen LogP contribution is 2.28. The van der Waals surface area contributed by atoms with Gasteiger partial charge in [0.15, 0.2) is 6.61 Å². The minimum absolute atomic E-state index is 0.0225. The molecule has 0 aliphatic carbocycles. The third-order valence-electron chi connectivity index (χ3n) is 2.16. The number of aromatic amines is 1. The number of hydrogen-bond acceptors (Lipinski definition) is 3. The zero-order valence-electron chi connectivity index (χ0n) is 8.78. The molecule has 0 amide bonds. The number of fused-ring (bicyclic) bond motifs is 1. The molecule has 0 bridgehead atoms. The largest absolute Gasteiger partial charge is 0.483 e. The summed E-state index contributed by atoms with van der Waals surface area (Å²) >= 11 is 0. The summed E-state index contributed by atoms with van der Waals surface area (Å²) in [6.07, 6.45) is -2.11. The van der Waals surface area contributed by atoms with Gasteiger partial charge in [0.25, 0.3) is 0 Å². The summed E-state index contributed by atoms with van der Waals surface area (Å²) in [6.45, 7) is -1.49. The second-order valence-corrected chi connectivity index (χ2v) is 3.44. The number of carboxylic acid groups (broad SMARTS) is 1. The van der Waals surface area contributed by atoms with Gasteiger partial charge in [-0.2, -0.15) is 13.2 Å². The smallest absolute Gasteiger partial charge is 0.422 e. The van der Waals surface area contributed by atoms with E-state index >= 15 is 0 Å². The molecule has 96 valence electrons. The van der Waals surface area contributed by atoms with Gasteiger partial charge in [0.05, 0.1) is 10.9 Å². The SMILES string of the molecule is O=C(O)c1c[nH]c2nccc(OCC(F)(F)F)c12. The summed E-state index contributed by atoms with van der Waals surface area (Å²) in [5.41, 5.74) is -0.0256. The first-order valence-electron chi connectivity index (χ1n) is 4.77. The molecule has 2 N–H and O–H groups in total.